The monoisotopic (exact) mass is 291 g/mol. The summed E-state index contributed by atoms with van der Waals surface area (Å²) in [6.07, 6.45) is 0. The fourth-order valence-electron chi connectivity index (χ4n) is 2.55. The number of hydrogen-bond donors (Lipinski definition) is 2. The van der Waals surface area contributed by atoms with E-state index in [1.165, 1.54) is 5.56 Å². The Kier molecular flexibility index (Phi) is 6.17. The van der Waals surface area contributed by atoms with Crippen LogP contribution in [0, 0.1) is 0 Å². The van der Waals surface area contributed by atoms with Crippen LogP contribution in [0.5, 0.6) is 0 Å². The highest BCUT2D eigenvalue weighted by molar-refractivity contribution is 5.82. The smallest absolute Gasteiger partial charge is 0.239 e. The van der Waals surface area contributed by atoms with Crippen LogP contribution in [-0.4, -0.2) is 56.2 Å². The van der Waals surface area contributed by atoms with Crippen LogP contribution in [-0.2, 0) is 16.1 Å². The molecule has 2 rings (SSSR count). The third kappa shape index (κ3) is 5.46. The molecule has 116 valence electrons. The Balaban J connectivity index is 1.73. The molecule has 2 unspecified atom stereocenters. The zero-order chi connectivity index (χ0) is 15.1. The van der Waals surface area contributed by atoms with Crippen molar-refractivity contribution in [1.82, 2.24) is 15.5 Å². The van der Waals surface area contributed by atoms with Crippen molar-refractivity contribution in [1.29, 1.82) is 0 Å². The van der Waals surface area contributed by atoms with Gasteiger partial charge in [-0.15, -0.1) is 0 Å². The summed E-state index contributed by atoms with van der Waals surface area (Å²) in [7, 11) is 2.07. The van der Waals surface area contributed by atoms with Gasteiger partial charge >= 0.3 is 0 Å². The number of hydrogen-bond acceptors (Lipinski definition) is 4. The van der Waals surface area contributed by atoms with E-state index in [2.05, 4.69) is 34.7 Å². The summed E-state index contributed by atoms with van der Waals surface area (Å²) < 4.78 is 5.31. The molecule has 0 radical (unpaired) electrons. The molecule has 2 atom stereocenters. The summed E-state index contributed by atoms with van der Waals surface area (Å²) in [4.78, 5) is 14.3. The number of benzene rings is 1. The number of likely N-dealkylation sites (N-methyl/N-ethyl adjacent to an activating group) is 1. The maximum atomic E-state index is 12.1. The summed E-state index contributed by atoms with van der Waals surface area (Å²) in [5, 5.41) is 6.21. The Morgan fingerprint density at radius 3 is 2.90 bits per heavy atom. The van der Waals surface area contributed by atoms with Crippen molar-refractivity contribution in [3.05, 3.63) is 35.9 Å². The number of ether oxygens (including phenoxy) is 1. The average Bonchev–Trinajstić information content (AvgIpc) is 2.48. The Morgan fingerprint density at radius 1 is 1.48 bits per heavy atom. The van der Waals surface area contributed by atoms with Gasteiger partial charge in [0.2, 0.25) is 5.91 Å². The average molecular weight is 291 g/mol. The van der Waals surface area contributed by atoms with Gasteiger partial charge in [-0.05, 0) is 19.5 Å². The van der Waals surface area contributed by atoms with E-state index in [0.717, 1.165) is 19.6 Å². The van der Waals surface area contributed by atoms with Crippen LogP contribution >= 0.6 is 0 Å². The maximum Gasteiger partial charge on any atom is 0.239 e. The minimum atomic E-state index is -0.222. The molecule has 0 bridgehead atoms. The molecule has 1 amide bonds. The Bertz CT molecular complexity index is 432. The molecular formula is C16H25N3O2. The van der Waals surface area contributed by atoms with Gasteiger partial charge in [-0.3, -0.25) is 4.79 Å². The van der Waals surface area contributed by atoms with E-state index in [0.29, 0.717) is 13.2 Å². The van der Waals surface area contributed by atoms with Crippen LogP contribution in [0.25, 0.3) is 0 Å². The second-order valence-electron chi connectivity index (χ2n) is 5.67. The van der Waals surface area contributed by atoms with Gasteiger partial charge in [0.1, 0.15) is 6.04 Å². The lowest BCUT2D eigenvalue weighted by molar-refractivity contribution is -0.126. The summed E-state index contributed by atoms with van der Waals surface area (Å²) in [5.74, 6) is 0.0234. The van der Waals surface area contributed by atoms with Crippen LogP contribution in [0.15, 0.2) is 30.3 Å². The quantitative estimate of drug-likeness (QED) is 0.806. The first-order chi connectivity index (χ1) is 10.1. The molecule has 1 aromatic rings. The molecule has 0 saturated carbocycles. The molecule has 2 N–H and O–H groups in total. The van der Waals surface area contributed by atoms with Gasteiger partial charge in [-0.2, -0.15) is 0 Å². The van der Waals surface area contributed by atoms with Crippen LogP contribution in [0.2, 0.25) is 0 Å². The van der Waals surface area contributed by atoms with Gasteiger partial charge in [0.25, 0.3) is 0 Å². The van der Waals surface area contributed by atoms with Gasteiger partial charge in [-0.1, -0.05) is 30.3 Å². The molecule has 5 nitrogen and oxygen atoms in total. The molecular weight excluding hydrogens is 266 g/mol. The molecule has 1 aromatic carbocycles. The van der Waals surface area contributed by atoms with E-state index in [-0.39, 0.29) is 18.0 Å². The van der Waals surface area contributed by atoms with Crippen molar-refractivity contribution < 1.29 is 9.53 Å². The maximum absolute atomic E-state index is 12.1. The predicted octanol–water partition coefficient (Wildman–Crippen LogP) is 0.612. The van der Waals surface area contributed by atoms with Crippen molar-refractivity contribution in [2.24, 2.45) is 0 Å². The number of carbonyl (C=O) groups excluding carboxylic acids is 1. The van der Waals surface area contributed by atoms with Crippen molar-refractivity contribution in [3.8, 4) is 0 Å². The molecule has 0 spiro atoms. The number of carbonyl (C=O) groups is 1. The number of rotatable bonds is 6. The number of nitrogens with one attached hydrogen (secondary N) is 2. The highest BCUT2D eigenvalue weighted by Crippen LogP contribution is 2.03. The van der Waals surface area contributed by atoms with E-state index < -0.39 is 0 Å². The largest absolute Gasteiger partial charge is 0.378 e. The van der Waals surface area contributed by atoms with Crippen LogP contribution < -0.4 is 10.6 Å². The van der Waals surface area contributed by atoms with Crippen molar-refractivity contribution in [3.63, 3.8) is 0 Å². The molecule has 5 heteroatoms. The third-order valence-electron chi connectivity index (χ3n) is 3.51. The zero-order valence-electron chi connectivity index (χ0n) is 12.8. The fraction of sp³-hybridized carbons (Fsp3) is 0.562. The second kappa shape index (κ2) is 8.12. The van der Waals surface area contributed by atoms with Gasteiger partial charge in [0.15, 0.2) is 0 Å². The SMILES string of the molecule is CC(CN(C)Cc1ccccc1)NC(=O)C1COCCN1. The normalized spacial score (nSPS) is 20.2. The van der Waals surface area contributed by atoms with E-state index in [1.807, 2.05) is 25.1 Å². The van der Waals surface area contributed by atoms with Crippen molar-refractivity contribution in [2.75, 3.05) is 33.4 Å². The minimum absolute atomic E-state index is 0.0234. The lowest BCUT2D eigenvalue weighted by Gasteiger charge is -2.26. The van der Waals surface area contributed by atoms with Crippen LogP contribution in [0.1, 0.15) is 12.5 Å². The first-order valence-electron chi connectivity index (χ1n) is 7.49. The topological polar surface area (TPSA) is 53.6 Å². The standard InChI is InChI=1S/C16H25N3O2/c1-13(18-16(20)15-12-21-9-8-17-15)10-19(2)11-14-6-4-3-5-7-14/h3-7,13,15,17H,8-12H2,1-2H3,(H,18,20). The highest BCUT2D eigenvalue weighted by Gasteiger charge is 2.22. The molecule has 1 saturated heterocycles. The number of nitrogens with zero attached hydrogens (tertiary/aromatic N) is 1. The predicted molar refractivity (Wildman–Crippen MR) is 83.0 cm³/mol. The summed E-state index contributed by atoms with van der Waals surface area (Å²) >= 11 is 0. The third-order valence-corrected chi connectivity index (χ3v) is 3.51. The van der Waals surface area contributed by atoms with Gasteiger partial charge in [-0.25, -0.2) is 0 Å². The molecule has 1 aliphatic rings. The molecule has 1 fully saturated rings. The minimum Gasteiger partial charge on any atom is -0.378 e. The van der Waals surface area contributed by atoms with E-state index in [4.69, 9.17) is 4.74 Å². The van der Waals surface area contributed by atoms with E-state index in [9.17, 15) is 4.79 Å². The molecule has 1 aliphatic heterocycles. The summed E-state index contributed by atoms with van der Waals surface area (Å²) in [5.41, 5.74) is 1.28. The lowest BCUT2D eigenvalue weighted by atomic mass is 10.2. The summed E-state index contributed by atoms with van der Waals surface area (Å²) in [6.45, 7) is 5.60. The van der Waals surface area contributed by atoms with Crippen molar-refractivity contribution in [2.45, 2.75) is 25.6 Å². The van der Waals surface area contributed by atoms with Gasteiger partial charge < -0.3 is 20.3 Å². The molecule has 0 aromatic heterocycles. The van der Waals surface area contributed by atoms with Crippen LogP contribution in [0.4, 0.5) is 0 Å². The van der Waals surface area contributed by atoms with Gasteiger partial charge in [0.05, 0.1) is 13.2 Å². The molecule has 1 heterocycles. The highest BCUT2D eigenvalue weighted by atomic mass is 16.5. The fourth-order valence-corrected chi connectivity index (χ4v) is 2.55. The summed E-state index contributed by atoms with van der Waals surface area (Å²) in [6, 6.07) is 10.2. The first kappa shape index (κ1) is 15.9. The van der Waals surface area contributed by atoms with E-state index >= 15 is 0 Å². The Morgan fingerprint density at radius 2 is 2.24 bits per heavy atom. The Hall–Kier alpha value is -1.43. The lowest BCUT2D eigenvalue weighted by Crippen LogP contribution is -2.54. The van der Waals surface area contributed by atoms with E-state index in [1.54, 1.807) is 0 Å². The van der Waals surface area contributed by atoms with Gasteiger partial charge in [0, 0.05) is 25.7 Å². The number of morpholine rings is 1. The molecule has 0 aliphatic carbocycles. The molecule has 21 heavy (non-hydrogen) atoms. The second-order valence-corrected chi connectivity index (χ2v) is 5.67. The Labute approximate surface area is 126 Å². The van der Waals surface area contributed by atoms with Crippen LogP contribution in [0.3, 0.4) is 0 Å². The first-order valence-corrected chi connectivity index (χ1v) is 7.49. The van der Waals surface area contributed by atoms with Crippen molar-refractivity contribution >= 4 is 5.91 Å². The number of amides is 1. The zero-order valence-corrected chi connectivity index (χ0v) is 12.8.